The fourth-order valence-electron chi connectivity index (χ4n) is 3.64. The molecule has 1 aliphatic rings. The molecule has 3 heterocycles. The third-order valence-electron chi connectivity index (χ3n) is 5.30. The lowest BCUT2D eigenvalue weighted by molar-refractivity contribution is -0.130. The molecule has 0 N–H and O–H groups in total. The predicted molar refractivity (Wildman–Crippen MR) is 123 cm³/mol. The molecule has 0 fully saturated rings. The van der Waals surface area contributed by atoms with Gasteiger partial charge in [-0.1, -0.05) is 59.8 Å². The third kappa shape index (κ3) is 4.09. The molecule has 0 radical (unpaired) electrons. The Bertz CT molecular complexity index is 1230. The molecule has 32 heavy (non-hydrogen) atoms. The van der Waals surface area contributed by atoms with Crippen LogP contribution >= 0.6 is 11.8 Å². The van der Waals surface area contributed by atoms with Crippen molar-refractivity contribution in [3.63, 3.8) is 0 Å². The van der Waals surface area contributed by atoms with E-state index < -0.39 is 0 Å². The Hall–Kier alpha value is -3.65. The van der Waals surface area contributed by atoms with E-state index in [9.17, 15) is 4.79 Å². The molecule has 1 atom stereocenters. The van der Waals surface area contributed by atoms with Gasteiger partial charge in [0.15, 0.2) is 5.16 Å². The second-order valence-electron chi connectivity index (χ2n) is 7.49. The van der Waals surface area contributed by atoms with E-state index in [1.54, 1.807) is 17.6 Å². The smallest absolute Gasteiger partial charge is 0.253 e. The zero-order valence-corrected chi connectivity index (χ0v) is 18.3. The van der Waals surface area contributed by atoms with Gasteiger partial charge >= 0.3 is 0 Å². The van der Waals surface area contributed by atoms with E-state index in [2.05, 4.69) is 22.3 Å². The number of aromatic nitrogens is 3. The minimum absolute atomic E-state index is 0.110. The van der Waals surface area contributed by atoms with Crippen LogP contribution in [0, 0.1) is 6.92 Å². The van der Waals surface area contributed by atoms with E-state index in [0.717, 1.165) is 22.7 Å². The van der Waals surface area contributed by atoms with Gasteiger partial charge in [-0.05, 0) is 36.8 Å². The highest BCUT2D eigenvalue weighted by Gasteiger charge is 2.34. The molecule has 5 rings (SSSR count). The average molecular weight is 444 g/mol. The second-order valence-corrected chi connectivity index (χ2v) is 8.44. The van der Waals surface area contributed by atoms with Crippen molar-refractivity contribution in [2.75, 3.05) is 5.75 Å². The zero-order valence-electron chi connectivity index (χ0n) is 17.5. The Morgan fingerprint density at radius 1 is 1.09 bits per heavy atom. The summed E-state index contributed by atoms with van der Waals surface area (Å²) in [5.41, 5.74) is 4.01. The highest BCUT2D eigenvalue weighted by molar-refractivity contribution is 7.99. The molecule has 1 aliphatic heterocycles. The molecule has 0 aliphatic carbocycles. The summed E-state index contributed by atoms with van der Waals surface area (Å²) in [6, 6.07) is 21.4. The van der Waals surface area contributed by atoms with Crippen molar-refractivity contribution in [3.8, 4) is 5.69 Å². The second kappa shape index (κ2) is 8.84. The monoisotopic (exact) mass is 443 g/mol. The first-order chi connectivity index (χ1) is 15.7. The van der Waals surface area contributed by atoms with Crippen molar-refractivity contribution in [1.82, 2.24) is 19.8 Å². The van der Waals surface area contributed by atoms with E-state index in [1.807, 2.05) is 66.1 Å². The molecule has 4 aromatic rings. The first-order valence-corrected chi connectivity index (χ1v) is 11.3. The molecule has 8 heteroatoms. The summed E-state index contributed by atoms with van der Waals surface area (Å²) in [5, 5.41) is 15.1. The van der Waals surface area contributed by atoms with E-state index in [4.69, 9.17) is 9.52 Å². The zero-order chi connectivity index (χ0) is 21.9. The van der Waals surface area contributed by atoms with Crippen LogP contribution in [0.4, 0.5) is 0 Å². The standard InChI is InChI=1S/C24H21N5O2S/c1-17-9-11-18(12-10-17)20-14-21(22-8-5-13-31-22)29(27-20)23(30)15-32-24-26-25-16-28(24)19-6-3-2-4-7-19/h2-13,16,21H,14-15H2,1H3/t21-/m0/s1. The van der Waals surface area contributed by atoms with Crippen molar-refractivity contribution < 1.29 is 9.21 Å². The van der Waals surface area contributed by atoms with Crippen molar-refractivity contribution in [2.24, 2.45) is 5.10 Å². The normalized spacial score (nSPS) is 15.7. The molecule has 2 aromatic carbocycles. The Kier molecular flexibility index (Phi) is 5.60. The van der Waals surface area contributed by atoms with Gasteiger partial charge in [0.1, 0.15) is 18.1 Å². The fraction of sp³-hybridized carbons (Fsp3) is 0.167. The van der Waals surface area contributed by atoms with Crippen molar-refractivity contribution >= 4 is 23.4 Å². The third-order valence-corrected chi connectivity index (χ3v) is 6.23. The number of furan rings is 1. The van der Waals surface area contributed by atoms with Crippen LogP contribution in [-0.4, -0.2) is 37.1 Å². The summed E-state index contributed by atoms with van der Waals surface area (Å²) >= 11 is 1.34. The van der Waals surface area contributed by atoms with Gasteiger partial charge in [0.25, 0.3) is 5.91 Å². The van der Waals surface area contributed by atoms with Crippen molar-refractivity contribution in [3.05, 3.63) is 96.2 Å². The van der Waals surface area contributed by atoms with E-state index in [-0.39, 0.29) is 17.7 Å². The topological polar surface area (TPSA) is 76.5 Å². The number of carbonyl (C=O) groups is 1. The SMILES string of the molecule is Cc1ccc(C2=NN(C(=O)CSc3nncn3-c3ccccc3)[C@H](c3ccco3)C2)cc1. The molecule has 2 aromatic heterocycles. The molecule has 0 spiro atoms. The summed E-state index contributed by atoms with van der Waals surface area (Å²) in [6.45, 7) is 2.05. The molecular weight excluding hydrogens is 422 g/mol. The molecule has 0 saturated carbocycles. The first-order valence-electron chi connectivity index (χ1n) is 10.3. The predicted octanol–water partition coefficient (Wildman–Crippen LogP) is 4.64. The Balaban J connectivity index is 1.36. The molecule has 7 nitrogen and oxygen atoms in total. The maximum Gasteiger partial charge on any atom is 0.253 e. The maximum atomic E-state index is 13.2. The number of rotatable bonds is 6. The molecule has 0 unspecified atom stereocenters. The minimum atomic E-state index is -0.263. The van der Waals surface area contributed by atoms with Gasteiger partial charge in [-0.2, -0.15) is 5.10 Å². The fourth-order valence-corrected chi connectivity index (χ4v) is 4.43. The number of carbonyl (C=O) groups excluding carboxylic acids is 1. The lowest BCUT2D eigenvalue weighted by Crippen LogP contribution is -2.28. The van der Waals surface area contributed by atoms with Crippen molar-refractivity contribution in [1.29, 1.82) is 0 Å². The number of amides is 1. The Labute approximate surface area is 189 Å². The number of hydrazone groups is 1. The quantitative estimate of drug-likeness (QED) is 0.406. The van der Waals surface area contributed by atoms with Crippen LogP contribution in [-0.2, 0) is 4.79 Å². The van der Waals surface area contributed by atoms with Crippen LogP contribution in [0.5, 0.6) is 0 Å². The van der Waals surface area contributed by atoms with Gasteiger partial charge in [0, 0.05) is 12.1 Å². The summed E-state index contributed by atoms with van der Waals surface area (Å²) in [4.78, 5) is 13.2. The van der Waals surface area contributed by atoms with Crippen LogP contribution in [0.25, 0.3) is 5.69 Å². The van der Waals surface area contributed by atoms with Gasteiger partial charge in [0.05, 0.1) is 17.7 Å². The van der Waals surface area contributed by atoms with Crippen LogP contribution in [0.3, 0.4) is 0 Å². The van der Waals surface area contributed by atoms with Crippen LogP contribution < -0.4 is 0 Å². The number of para-hydroxylation sites is 1. The molecular formula is C24H21N5O2S. The van der Waals surface area contributed by atoms with Crippen molar-refractivity contribution in [2.45, 2.75) is 24.5 Å². The van der Waals surface area contributed by atoms with E-state index >= 15 is 0 Å². The first kappa shape index (κ1) is 20.3. The van der Waals surface area contributed by atoms with Crippen LogP contribution in [0.2, 0.25) is 0 Å². The van der Waals surface area contributed by atoms with Gasteiger partial charge in [-0.25, -0.2) is 5.01 Å². The Morgan fingerprint density at radius 3 is 2.66 bits per heavy atom. The van der Waals surface area contributed by atoms with Crippen LogP contribution in [0.1, 0.15) is 29.3 Å². The van der Waals surface area contributed by atoms with E-state index in [0.29, 0.717) is 11.6 Å². The molecule has 0 bridgehead atoms. The average Bonchev–Trinajstić information content (AvgIpc) is 3.59. The van der Waals surface area contributed by atoms with Gasteiger partial charge in [0.2, 0.25) is 0 Å². The van der Waals surface area contributed by atoms with Gasteiger partial charge in [-0.3, -0.25) is 9.36 Å². The lowest BCUT2D eigenvalue weighted by Gasteiger charge is -2.19. The lowest BCUT2D eigenvalue weighted by atomic mass is 10.0. The maximum absolute atomic E-state index is 13.2. The molecule has 1 amide bonds. The number of hydrogen-bond donors (Lipinski definition) is 0. The number of benzene rings is 2. The summed E-state index contributed by atoms with van der Waals surface area (Å²) < 4.78 is 7.50. The van der Waals surface area contributed by atoms with Crippen LogP contribution in [0.15, 0.2) is 94.0 Å². The largest absolute Gasteiger partial charge is 0.467 e. The van der Waals surface area contributed by atoms with Gasteiger partial charge < -0.3 is 4.42 Å². The number of nitrogens with zero attached hydrogens (tertiary/aromatic N) is 5. The number of thioether (sulfide) groups is 1. The summed E-state index contributed by atoms with van der Waals surface area (Å²) in [7, 11) is 0. The highest BCUT2D eigenvalue weighted by atomic mass is 32.2. The molecule has 0 saturated heterocycles. The summed E-state index contributed by atoms with van der Waals surface area (Å²) in [6.07, 6.45) is 3.88. The number of aryl methyl sites for hydroxylation is 1. The highest BCUT2D eigenvalue weighted by Crippen LogP contribution is 2.34. The number of hydrogen-bond acceptors (Lipinski definition) is 6. The minimum Gasteiger partial charge on any atom is -0.467 e. The van der Waals surface area contributed by atoms with Gasteiger partial charge in [-0.15, -0.1) is 10.2 Å². The summed E-state index contributed by atoms with van der Waals surface area (Å²) in [5.74, 6) is 0.802. The Morgan fingerprint density at radius 2 is 1.91 bits per heavy atom. The molecule has 160 valence electrons. The van der Waals surface area contributed by atoms with E-state index in [1.165, 1.54) is 17.3 Å².